The van der Waals surface area contributed by atoms with Gasteiger partial charge in [0.15, 0.2) is 5.82 Å². The minimum Gasteiger partial charge on any atom is -0.353 e. The van der Waals surface area contributed by atoms with Crippen molar-refractivity contribution in [3.63, 3.8) is 0 Å². The predicted molar refractivity (Wildman–Crippen MR) is 68.9 cm³/mol. The fraction of sp³-hybridized carbons (Fsp3) is 0.667. The van der Waals surface area contributed by atoms with E-state index in [1.165, 1.54) is 0 Å². The quantitative estimate of drug-likeness (QED) is 0.807. The summed E-state index contributed by atoms with van der Waals surface area (Å²) in [6, 6.07) is 3.95. The third-order valence-electron chi connectivity index (χ3n) is 3.23. The molecule has 1 atom stereocenters. The van der Waals surface area contributed by atoms with E-state index in [2.05, 4.69) is 26.9 Å². The summed E-state index contributed by atoms with van der Waals surface area (Å²) < 4.78 is 0. The molecule has 1 aliphatic rings. The normalized spacial score (nSPS) is 19.3. The summed E-state index contributed by atoms with van der Waals surface area (Å²) in [4.78, 5) is 4.76. The molecule has 1 aromatic rings. The van der Waals surface area contributed by atoms with Crippen LogP contribution < -0.4 is 10.6 Å². The van der Waals surface area contributed by atoms with Gasteiger partial charge in [-0.2, -0.15) is 5.10 Å². The van der Waals surface area contributed by atoms with Gasteiger partial charge in [0.2, 0.25) is 0 Å². The van der Waals surface area contributed by atoms with Crippen LogP contribution in [0.25, 0.3) is 0 Å². The zero-order valence-corrected chi connectivity index (χ0v) is 10.4. The van der Waals surface area contributed by atoms with Crippen LogP contribution in [0.2, 0.25) is 0 Å². The van der Waals surface area contributed by atoms with E-state index >= 15 is 0 Å². The van der Waals surface area contributed by atoms with Gasteiger partial charge in [0.1, 0.15) is 0 Å². The van der Waals surface area contributed by atoms with Gasteiger partial charge in [-0.15, -0.1) is 5.10 Å². The average molecular weight is 235 g/mol. The number of hydrogen-bond donors (Lipinski definition) is 1. The Hall–Kier alpha value is -1.20. The lowest BCUT2D eigenvalue weighted by atomic mass is 10.1. The monoisotopic (exact) mass is 235 g/mol. The Morgan fingerprint density at radius 2 is 2.12 bits per heavy atom. The molecule has 0 bridgehead atoms. The van der Waals surface area contributed by atoms with Gasteiger partial charge >= 0.3 is 0 Å². The second-order valence-electron chi connectivity index (χ2n) is 4.71. The van der Waals surface area contributed by atoms with Gasteiger partial charge in [-0.3, -0.25) is 4.90 Å². The Kier molecular flexibility index (Phi) is 4.28. The minimum absolute atomic E-state index is 0.582. The van der Waals surface area contributed by atoms with Gasteiger partial charge in [0.25, 0.3) is 0 Å². The van der Waals surface area contributed by atoms with Crippen LogP contribution in [0.5, 0.6) is 0 Å². The lowest BCUT2D eigenvalue weighted by molar-refractivity contribution is 0.226. The van der Waals surface area contributed by atoms with E-state index in [0.717, 1.165) is 45.1 Å². The van der Waals surface area contributed by atoms with Gasteiger partial charge in [-0.1, -0.05) is 6.92 Å². The molecule has 0 radical (unpaired) electrons. The van der Waals surface area contributed by atoms with Crippen LogP contribution in [0.15, 0.2) is 18.3 Å². The smallest absolute Gasteiger partial charge is 0.151 e. The molecule has 0 spiro atoms. The molecule has 0 aliphatic carbocycles. The zero-order valence-electron chi connectivity index (χ0n) is 10.4. The molecule has 0 saturated carbocycles. The van der Waals surface area contributed by atoms with E-state index in [1.54, 1.807) is 6.20 Å². The molecule has 94 valence electrons. The Labute approximate surface area is 103 Å². The van der Waals surface area contributed by atoms with Crippen molar-refractivity contribution in [2.75, 3.05) is 44.2 Å². The number of rotatable bonds is 4. The SMILES string of the molecule is CC(CN)CN1CCN(c2cccnn2)CC1. The zero-order chi connectivity index (χ0) is 12.1. The molecule has 5 nitrogen and oxygen atoms in total. The summed E-state index contributed by atoms with van der Waals surface area (Å²) in [6.45, 7) is 8.29. The van der Waals surface area contributed by atoms with Gasteiger partial charge in [-0.25, -0.2) is 0 Å². The summed E-state index contributed by atoms with van der Waals surface area (Å²) >= 11 is 0. The standard InChI is InChI=1S/C12H21N5/c1-11(9-13)10-16-5-7-17(8-6-16)12-3-2-4-14-15-12/h2-4,11H,5-10,13H2,1H3. The highest BCUT2D eigenvalue weighted by atomic mass is 15.3. The van der Waals surface area contributed by atoms with Crippen LogP contribution in [-0.2, 0) is 0 Å². The molecule has 1 aliphatic heterocycles. The van der Waals surface area contributed by atoms with Crippen molar-refractivity contribution in [2.45, 2.75) is 6.92 Å². The van der Waals surface area contributed by atoms with E-state index in [1.807, 2.05) is 12.1 Å². The molecule has 17 heavy (non-hydrogen) atoms. The van der Waals surface area contributed by atoms with Crippen LogP contribution in [0, 0.1) is 5.92 Å². The van der Waals surface area contributed by atoms with Crippen molar-refractivity contribution >= 4 is 5.82 Å². The molecular formula is C12H21N5. The predicted octanol–water partition coefficient (Wildman–Crippen LogP) is 0.193. The summed E-state index contributed by atoms with van der Waals surface area (Å²) in [5.74, 6) is 1.57. The topological polar surface area (TPSA) is 58.3 Å². The number of hydrogen-bond acceptors (Lipinski definition) is 5. The highest BCUT2D eigenvalue weighted by Gasteiger charge is 2.18. The van der Waals surface area contributed by atoms with Crippen molar-refractivity contribution in [3.05, 3.63) is 18.3 Å². The molecule has 1 aromatic heterocycles. The largest absolute Gasteiger partial charge is 0.353 e. The lowest BCUT2D eigenvalue weighted by Crippen LogP contribution is -2.48. The van der Waals surface area contributed by atoms with Gasteiger partial charge < -0.3 is 10.6 Å². The van der Waals surface area contributed by atoms with Crippen LogP contribution in [0.4, 0.5) is 5.82 Å². The first-order valence-corrected chi connectivity index (χ1v) is 6.24. The maximum atomic E-state index is 5.65. The highest BCUT2D eigenvalue weighted by Crippen LogP contribution is 2.12. The molecule has 1 unspecified atom stereocenters. The number of nitrogens with zero attached hydrogens (tertiary/aromatic N) is 4. The Morgan fingerprint density at radius 1 is 1.35 bits per heavy atom. The molecule has 5 heteroatoms. The first-order valence-electron chi connectivity index (χ1n) is 6.24. The van der Waals surface area contributed by atoms with Gasteiger partial charge in [0, 0.05) is 38.9 Å². The van der Waals surface area contributed by atoms with Crippen LogP contribution >= 0.6 is 0 Å². The van der Waals surface area contributed by atoms with E-state index in [9.17, 15) is 0 Å². The molecule has 0 amide bonds. The second-order valence-corrected chi connectivity index (χ2v) is 4.71. The van der Waals surface area contributed by atoms with Gasteiger partial charge in [0.05, 0.1) is 0 Å². The van der Waals surface area contributed by atoms with E-state index in [0.29, 0.717) is 5.92 Å². The van der Waals surface area contributed by atoms with Crippen molar-refractivity contribution < 1.29 is 0 Å². The summed E-state index contributed by atoms with van der Waals surface area (Å²) in [6.07, 6.45) is 1.71. The molecule has 0 aromatic carbocycles. The van der Waals surface area contributed by atoms with E-state index in [4.69, 9.17) is 5.73 Å². The highest BCUT2D eigenvalue weighted by molar-refractivity contribution is 5.36. The number of nitrogens with two attached hydrogens (primary N) is 1. The lowest BCUT2D eigenvalue weighted by Gasteiger charge is -2.36. The Bertz CT molecular complexity index is 321. The molecule has 1 fully saturated rings. The summed E-state index contributed by atoms with van der Waals surface area (Å²) in [5, 5.41) is 8.06. The van der Waals surface area contributed by atoms with Crippen LogP contribution in [0.1, 0.15) is 6.92 Å². The molecular weight excluding hydrogens is 214 g/mol. The number of piperazine rings is 1. The maximum Gasteiger partial charge on any atom is 0.151 e. The van der Waals surface area contributed by atoms with Crippen molar-refractivity contribution in [3.8, 4) is 0 Å². The van der Waals surface area contributed by atoms with E-state index < -0.39 is 0 Å². The number of aromatic nitrogens is 2. The second kappa shape index (κ2) is 5.93. The maximum absolute atomic E-state index is 5.65. The van der Waals surface area contributed by atoms with Crippen LogP contribution in [0.3, 0.4) is 0 Å². The molecule has 2 N–H and O–H groups in total. The first-order chi connectivity index (χ1) is 8.29. The van der Waals surface area contributed by atoms with Crippen molar-refractivity contribution in [2.24, 2.45) is 11.7 Å². The Morgan fingerprint density at radius 3 is 2.71 bits per heavy atom. The molecule has 2 rings (SSSR count). The van der Waals surface area contributed by atoms with E-state index in [-0.39, 0.29) is 0 Å². The van der Waals surface area contributed by atoms with Crippen molar-refractivity contribution in [1.82, 2.24) is 15.1 Å². The third-order valence-corrected chi connectivity index (χ3v) is 3.23. The molecule has 2 heterocycles. The third kappa shape index (κ3) is 3.38. The molecule has 1 saturated heterocycles. The summed E-state index contributed by atoms with van der Waals surface area (Å²) in [5.41, 5.74) is 5.65. The van der Waals surface area contributed by atoms with Gasteiger partial charge in [-0.05, 0) is 24.6 Å². The van der Waals surface area contributed by atoms with Crippen molar-refractivity contribution in [1.29, 1.82) is 0 Å². The average Bonchev–Trinajstić information content (AvgIpc) is 2.40. The Balaban J connectivity index is 1.82. The van der Waals surface area contributed by atoms with Crippen LogP contribution in [-0.4, -0.2) is 54.4 Å². The fourth-order valence-corrected chi connectivity index (χ4v) is 2.14. The minimum atomic E-state index is 0.582. The number of anilines is 1. The fourth-order valence-electron chi connectivity index (χ4n) is 2.14. The first kappa shape index (κ1) is 12.3. The summed E-state index contributed by atoms with van der Waals surface area (Å²) in [7, 11) is 0.